The third-order valence-corrected chi connectivity index (χ3v) is 6.16. The maximum atomic E-state index is 12.6. The van der Waals surface area contributed by atoms with Crippen LogP contribution in [-0.2, 0) is 19.1 Å². The van der Waals surface area contributed by atoms with E-state index in [1.807, 2.05) is 6.07 Å². The lowest BCUT2D eigenvalue weighted by atomic mass is 10.1. The van der Waals surface area contributed by atoms with Crippen LogP contribution in [0.15, 0.2) is 30.7 Å². The van der Waals surface area contributed by atoms with Gasteiger partial charge in [-0.2, -0.15) is 0 Å². The van der Waals surface area contributed by atoms with Crippen LogP contribution >= 0.6 is 0 Å². The number of hydrogen-bond donors (Lipinski definition) is 3. The van der Waals surface area contributed by atoms with Crippen LogP contribution in [0, 0.1) is 0 Å². The number of carbonyl (C=O) groups excluding carboxylic acids is 2. The van der Waals surface area contributed by atoms with Crippen molar-refractivity contribution in [1.29, 1.82) is 0 Å². The Morgan fingerprint density at radius 3 is 2.71 bits per heavy atom. The Kier molecular flexibility index (Phi) is 9.71. The number of esters is 1. The molecule has 3 N–H and O–H groups in total. The summed E-state index contributed by atoms with van der Waals surface area (Å²) in [5.74, 6) is 1.04. The molecule has 1 aromatic carbocycles. The molecule has 0 aliphatic carbocycles. The Morgan fingerprint density at radius 1 is 1.11 bits per heavy atom. The zero-order chi connectivity index (χ0) is 26.7. The van der Waals surface area contributed by atoms with Gasteiger partial charge in [0.25, 0.3) is 0 Å². The Bertz CT molecular complexity index is 1250. The number of anilines is 3. The van der Waals surface area contributed by atoms with Crippen molar-refractivity contribution in [2.45, 2.75) is 44.6 Å². The van der Waals surface area contributed by atoms with Crippen molar-refractivity contribution in [3.63, 3.8) is 0 Å². The zero-order valence-electron chi connectivity index (χ0n) is 21.7. The molecular weight excluding hydrogens is 490 g/mol. The van der Waals surface area contributed by atoms with Crippen LogP contribution in [0.4, 0.5) is 17.5 Å². The van der Waals surface area contributed by atoms with Crippen LogP contribution in [0.3, 0.4) is 0 Å². The molecule has 1 aliphatic heterocycles. The van der Waals surface area contributed by atoms with Crippen molar-refractivity contribution in [1.82, 2.24) is 25.3 Å². The summed E-state index contributed by atoms with van der Waals surface area (Å²) in [5.41, 5.74) is 1.93. The van der Waals surface area contributed by atoms with Gasteiger partial charge in [0.1, 0.15) is 24.0 Å². The van der Waals surface area contributed by atoms with Gasteiger partial charge >= 0.3 is 5.97 Å². The number of amides is 1. The SMILES string of the molecule is COC(=O)CCCCCCC(=O)Nc1cc2c(Nc3nccc(C4CNCCO4)n3)ncnc2cc1OC. The van der Waals surface area contributed by atoms with Crippen molar-refractivity contribution in [2.75, 3.05) is 44.5 Å². The van der Waals surface area contributed by atoms with Crippen molar-refractivity contribution in [2.24, 2.45) is 0 Å². The van der Waals surface area contributed by atoms with Crippen LogP contribution in [0.25, 0.3) is 10.9 Å². The van der Waals surface area contributed by atoms with Crippen LogP contribution in [0.5, 0.6) is 5.75 Å². The molecule has 1 aliphatic rings. The number of carbonyl (C=O) groups is 2. The van der Waals surface area contributed by atoms with Gasteiger partial charge in [-0.05, 0) is 25.0 Å². The molecule has 12 nitrogen and oxygen atoms in total. The van der Waals surface area contributed by atoms with E-state index in [4.69, 9.17) is 9.47 Å². The number of fused-ring (bicyclic) bond motifs is 1. The predicted octanol–water partition coefficient (Wildman–Crippen LogP) is 3.29. The first-order chi connectivity index (χ1) is 18.6. The molecule has 0 bridgehead atoms. The van der Waals surface area contributed by atoms with Crippen molar-refractivity contribution >= 4 is 40.2 Å². The molecule has 1 fully saturated rings. The average Bonchev–Trinajstić information content (AvgIpc) is 2.95. The van der Waals surface area contributed by atoms with Gasteiger partial charge in [0.15, 0.2) is 0 Å². The van der Waals surface area contributed by atoms with Crippen molar-refractivity contribution in [3.05, 3.63) is 36.4 Å². The van der Waals surface area contributed by atoms with E-state index >= 15 is 0 Å². The van der Waals surface area contributed by atoms with Gasteiger partial charge < -0.3 is 30.2 Å². The summed E-state index contributed by atoms with van der Waals surface area (Å²) >= 11 is 0. The van der Waals surface area contributed by atoms with Crippen LogP contribution in [0.1, 0.15) is 50.3 Å². The Balaban J connectivity index is 1.44. The van der Waals surface area contributed by atoms with Crippen LogP contribution < -0.4 is 20.7 Å². The fraction of sp³-hybridized carbons (Fsp3) is 0.462. The molecular formula is C26H33N7O5. The Hall–Kier alpha value is -3.90. The molecule has 4 rings (SSSR count). The minimum atomic E-state index is -0.209. The molecule has 1 amide bonds. The molecule has 3 heterocycles. The quantitative estimate of drug-likeness (QED) is 0.237. The normalized spacial score (nSPS) is 15.2. The van der Waals surface area contributed by atoms with Gasteiger partial charge in [0.2, 0.25) is 11.9 Å². The molecule has 202 valence electrons. The number of ether oxygens (including phenoxy) is 3. The van der Waals surface area contributed by atoms with Crippen molar-refractivity contribution in [3.8, 4) is 5.75 Å². The highest BCUT2D eigenvalue weighted by Gasteiger charge is 2.18. The molecule has 1 unspecified atom stereocenters. The number of nitrogens with zero attached hydrogens (tertiary/aromatic N) is 4. The summed E-state index contributed by atoms with van der Waals surface area (Å²) in [6.07, 6.45) is 6.91. The summed E-state index contributed by atoms with van der Waals surface area (Å²) in [7, 11) is 2.93. The highest BCUT2D eigenvalue weighted by molar-refractivity contribution is 5.99. The number of morpholine rings is 1. The summed E-state index contributed by atoms with van der Waals surface area (Å²) in [6.45, 7) is 2.13. The van der Waals surface area contributed by atoms with E-state index in [1.165, 1.54) is 13.4 Å². The number of unbranched alkanes of at least 4 members (excludes halogenated alkanes) is 3. The second-order valence-corrected chi connectivity index (χ2v) is 8.82. The van der Waals surface area contributed by atoms with Gasteiger partial charge in [-0.25, -0.2) is 19.9 Å². The number of benzene rings is 1. The van der Waals surface area contributed by atoms with Gasteiger partial charge in [0, 0.05) is 43.6 Å². The second-order valence-electron chi connectivity index (χ2n) is 8.82. The topological polar surface area (TPSA) is 149 Å². The zero-order valence-corrected chi connectivity index (χ0v) is 21.7. The molecule has 1 saturated heterocycles. The predicted molar refractivity (Wildman–Crippen MR) is 141 cm³/mol. The molecule has 0 saturated carbocycles. The van der Waals surface area contributed by atoms with E-state index in [-0.39, 0.29) is 18.0 Å². The van der Waals surface area contributed by atoms with Gasteiger partial charge in [-0.15, -0.1) is 0 Å². The van der Waals surface area contributed by atoms with Crippen molar-refractivity contribution < 1.29 is 23.8 Å². The fourth-order valence-corrected chi connectivity index (χ4v) is 4.15. The number of rotatable bonds is 12. The third-order valence-electron chi connectivity index (χ3n) is 6.16. The van der Waals surface area contributed by atoms with Crippen LogP contribution in [-0.4, -0.2) is 65.7 Å². The smallest absolute Gasteiger partial charge is 0.305 e. The average molecular weight is 524 g/mol. The van der Waals surface area contributed by atoms with E-state index in [0.717, 1.165) is 31.5 Å². The number of nitrogens with one attached hydrogen (secondary N) is 3. The summed E-state index contributed by atoms with van der Waals surface area (Å²) in [6, 6.07) is 5.37. The standard InChI is InChI=1S/C26H33N7O5/c1-36-21-14-19-17(13-20(21)31-23(34)7-5-3-4-6-8-24(35)37-2)25(30-16-29-19)33-26-28-10-9-18(32-26)22-15-27-11-12-38-22/h9-10,13-14,16,22,27H,3-8,11-12,15H2,1-2H3,(H,31,34)(H,28,29,30,32,33). The number of aromatic nitrogens is 4. The first kappa shape index (κ1) is 27.1. The highest BCUT2D eigenvalue weighted by Crippen LogP contribution is 2.33. The lowest BCUT2D eigenvalue weighted by Crippen LogP contribution is -2.33. The molecule has 3 aromatic rings. The Labute approximate surface area is 220 Å². The molecule has 38 heavy (non-hydrogen) atoms. The minimum absolute atomic E-state index is 0.126. The molecule has 1 atom stereocenters. The molecule has 2 aromatic heterocycles. The van der Waals surface area contributed by atoms with Gasteiger partial charge in [0.05, 0.1) is 37.7 Å². The second kappa shape index (κ2) is 13.6. The highest BCUT2D eigenvalue weighted by atomic mass is 16.5. The van der Waals surface area contributed by atoms with E-state index in [9.17, 15) is 9.59 Å². The Morgan fingerprint density at radius 2 is 1.95 bits per heavy atom. The number of methoxy groups -OCH3 is 2. The van der Waals surface area contributed by atoms with E-state index in [1.54, 1.807) is 25.4 Å². The largest absolute Gasteiger partial charge is 0.494 e. The van der Waals surface area contributed by atoms with E-state index in [2.05, 4.69) is 40.6 Å². The van der Waals surface area contributed by atoms with Crippen LogP contribution in [0.2, 0.25) is 0 Å². The fourth-order valence-electron chi connectivity index (χ4n) is 4.15. The van der Waals surface area contributed by atoms with E-state index in [0.29, 0.717) is 66.5 Å². The summed E-state index contributed by atoms with van der Waals surface area (Å²) in [4.78, 5) is 41.5. The summed E-state index contributed by atoms with van der Waals surface area (Å²) in [5, 5.41) is 10.1. The monoisotopic (exact) mass is 523 g/mol. The molecule has 0 radical (unpaired) electrons. The first-order valence-corrected chi connectivity index (χ1v) is 12.7. The van der Waals surface area contributed by atoms with Gasteiger partial charge in [-0.3, -0.25) is 9.59 Å². The summed E-state index contributed by atoms with van der Waals surface area (Å²) < 4.78 is 15.9. The maximum Gasteiger partial charge on any atom is 0.305 e. The maximum absolute atomic E-state index is 12.6. The van der Waals surface area contributed by atoms with Gasteiger partial charge in [-0.1, -0.05) is 12.8 Å². The lowest BCUT2D eigenvalue weighted by Gasteiger charge is -2.23. The lowest BCUT2D eigenvalue weighted by molar-refractivity contribution is -0.140. The minimum Gasteiger partial charge on any atom is -0.494 e. The third kappa shape index (κ3) is 7.33. The molecule has 0 spiro atoms. The van der Waals surface area contributed by atoms with E-state index < -0.39 is 0 Å². The number of hydrogen-bond acceptors (Lipinski definition) is 11. The first-order valence-electron chi connectivity index (χ1n) is 12.7. The molecule has 12 heteroatoms.